The molecule has 0 rings (SSSR count). The quantitative estimate of drug-likeness (QED) is 0.399. The highest BCUT2D eigenvalue weighted by molar-refractivity contribution is 5.88. The predicted molar refractivity (Wildman–Crippen MR) is 58.7 cm³/mol. The zero-order valence-electron chi connectivity index (χ0n) is 10.4. The van der Waals surface area contributed by atoms with Gasteiger partial charge in [0.25, 0.3) is 0 Å². The minimum Gasteiger partial charge on any atom is -0.481 e. The van der Waals surface area contributed by atoms with Gasteiger partial charge in [0.2, 0.25) is 0 Å². The fourth-order valence-corrected chi connectivity index (χ4v) is 1.04. The first-order valence-electron chi connectivity index (χ1n) is 5.12. The lowest BCUT2D eigenvalue weighted by atomic mass is 9.96. The fraction of sp³-hybridized carbons (Fsp3) is 0.700. The largest absolute Gasteiger partial charge is 0.481 e. The van der Waals surface area contributed by atoms with Crippen molar-refractivity contribution >= 4 is 17.9 Å². The molecule has 0 bridgehead atoms. The number of hydrogen-bond acceptors (Lipinski definition) is 6. The van der Waals surface area contributed by atoms with Crippen LogP contribution in [-0.4, -0.2) is 64.1 Å². The van der Waals surface area contributed by atoms with E-state index in [1.165, 1.54) is 0 Å². The molecular weight excluding hydrogens is 246 g/mol. The molecule has 18 heavy (non-hydrogen) atoms. The van der Waals surface area contributed by atoms with E-state index in [0.29, 0.717) is 0 Å². The average Bonchev–Trinajstić information content (AvgIpc) is 2.14. The summed E-state index contributed by atoms with van der Waals surface area (Å²) in [6, 6.07) is 0. The maximum atomic E-state index is 11.4. The van der Waals surface area contributed by atoms with E-state index in [9.17, 15) is 19.5 Å². The van der Waals surface area contributed by atoms with Gasteiger partial charge < -0.3 is 20.1 Å². The van der Waals surface area contributed by atoms with Crippen molar-refractivity contribution < 1.29 is 34.4 Å². The summed E-state index contributed by atoms with van der Waals surface area (Å²) in [5.74, 6) is -4.28. The summed E-state index contributed by atoms with van der Waals surface area (Å²) >= 11 is 0. The molecule has 0 amide bonds. The van der Waals surface area contributed by atoms with Crippen molar-refractivity contribution in [2.75, 3.05) is 14.1 Å². The van der Waals surface area contributed by atoms with E-state index >= 15 is 0 Å². The number of carboxylic acid groups (broad SMARTS) is 2. The first kappa shape index (κ1) is 16.3. The minimum atomic E-state index is -2.66. The van der Waals surface area contributed by atoms with Crippen LogP contribution in [0.25, 0.3) is 0 Å². The van der Waals surface area contributed by atoms with Crippen molar-refractivity contribution in [1.82, 2.24) is 4.90 Å². The molecule has 0 saturated carbocycles. The Bertz CT molecular complexity index is 341. The molecule has 3 N–H and O–H groups in total. The van der Waals surface area contributed by atoms with Gasteiger partial charge in [0, 0.05) is 0 Å². The molecule has 2 atom stereocenters. The number of aliphatic carboxylic acids is 2. The van der Waals surface area contributed by atoms with Crippen LogP contribution in [0, 0.1) is 0 Å². The molecule has 0 aromatic rings. The molecule has 0 fully saturated rings. The normalized spacial score (nSPS) is 15.8. The zero-order chi connectivity index (χ0) is 14.5. The Balaban J connectivity index is 4.65. The number of hydrogen-bond donors (Lipinski definition) is 3. The highest BCUT2D eigenvalue weighted by atomic mass is 16.6. The standard InChI is InChI=1S/C10H17NO7/c1-6(11(2)3)18-8(14)5-10(17,9(15)16)4-7(12)13/h6,17H,4-5H2,1-3H3,(H,12,13)(H,15,16). The van der Waals surface area contributed by atoms with Crippen LogP contribution in [0.4, 0.5) is 0 Å². The van der Waals surface area contributed by atoms with Crippen LogP contribution in [0.5, 0.6) is 0 Å². The molecule has 0 heterocycles. The summed E-state index contributed by atoms with van der Waals surface area (Å²) < 4.78 is 4.81. The molecular formula is C10H17NO7. The van der Waals surface area contributed by atoms with Gasteiger partial charge in [-0.05, 0) is 21.0 Å². The summed E-state index contributed by atoms with van der Waals surface area (Å²) in [4.78, 5) is 34.2. The number of aliphatic hydroxyl groups is 1. The SMILES string of the molecule is CC(OC(=O)CC(O)(CC(=O)O)C(=O)O)N(C)C. The molecule has 8 heteroatoms. The number of carbonyl (C=O) groups is 3. The third kappa shape index (κ3) is 5.11. The van der Waals surface area contributed by atoms with E-state index in [-0.39, 0.29) is 0 Å². The van der Waals surface area contributed by atoms with E-state index in [2.05, 4.69) is 0 Å². The van der Waals surface area contributed by atoms with Gasteiger partial charge in [-0.2, -0.15) is 0 Å². The van der Waals surface area contributed by atoms with Crippen molar-refractivity contribution in [3.05, 3.63) is 0 Å². The number of carboxylic acids is 2. The molecule has 104 valence electrons. The lowest BCUT2D eigenvalue weighted by Gasteiger charge is -2.24. The van der Waals surface area contributed by atoms with Crippen LogP contribution in [0.2, 0.25) is 0 Å². The van der Waals surface area contributed by atoms with Crippen molar-refractivity contribution in [3.8, 4) is 0 Å². The second-order valence-corrected chi connectivity index (χ2v) is 4.14. The first-order valence-corrected chi connectivity index (χ1v) is 5.12. The molecule has 2 unspecified atom stereocenters. The summed E-state index contributed by atoms with van der Waals surface area (Å²) in [5, 5.41) is 26.8. The molecule has 0 aliphatic heterocycles. The van der Waals surface area contributed by atoms with Gasteiger partial charge in [-0.15, -0.1) is 0 Å². The van der Waals surface area contributed by atoms with Crippen LogP contribution < -0.4 is 0 Å². The zero-order valence-corrected chi connectivity index (χ0v) is 10.4. The van der Waals surface area contributed by atoms with Crippen LogP contribution in [0.15, 0.2) is 0 Å². The molecule has 0 aromatic heterocycles. The van der Waals surface area contributed by atoms with Gasteiger partial charge in [-0.3, -0.25) is 14.5 Å². The Morgan fingerprint density at radius 3 is 2.06 bits per heavy atom. The number of rotatable bonds is 7. The van der Waals surface area contributed by atoms with Gasteiger partial charge in [0.1, 0.15) is 0 Å². The summed E-state index contributed by atoms with van der Waals surface area (Å²) in [7, 11) is 3.27. The van der Waals surface area contributed by atoms with Crippen LogP contribution in [-0.2, 0) is 19.1 Å². The number of esters is 1. The number of nitrogens with zero attached hydrogens (tertiary/aromatic N) is 1. The van der Waals surface area contributed by atoms with Crippen molar-refractivity contribution in [2.24, 2.45) is 0 Å². The molecule has 0 saturated heterocycles. The highest BCUT2D eigenvalue weighted by Gasteiger charge is 2.41. The van der Waals surface area contributed by atoms with Gasteiger partial charge in [-0.1, -0.05) is 0 Å². The molecule has 0 aliphatic carbocycles. The maximum Gasteiger partial charge on any atom is 0.336 e. The molecule has 0 radical (unpaired) electrons. The van der Waals surface area contributed by atoms with Gasteiger partial charge in [-0.25, -0.2) is 4.79 Å². The molecule has 0 spiro atoms. The Morgan fingerprint density at radius 1 is 1.22 bits per heavy atom. The fourth-order valence-electron chi connectivity index (χ4n) is 1.04. The molecule has 0 aromatic carbocycles. The third-order valence-corrected chi connectivity index (χ3v) is 2.31. The van der Waals surface area contributed by atoms with E-state index in [1.807, 2.05) is 0 Å². The van der Waals surface area contributed by atoms with Crippen molar-refractivity contribution in [1.29, 1.82) is 0 Å². The lowest BCUT2D eigenvalue weighted by Crippen LogP contribution is -2.44. The van der Waals surface area contributed by atoms with Crippen LogP contribution in [0.3, 0.4) is 0 Å². The summed E-state index contributed by atoms with van der Waals surface area (Å²) in [6.45, 7) is 1.55. The highest BCUT2D eigenvalue weighted by Crippen LogP contribution is 2.17. The van der Waals surface area contributed by atoms with E-state index < -0.39 is 42.6 Å². The molecule has 0 aliphatic rings. The predicted octanol–water partition coefficient (Wildman–Crippen LogP) is -0.882. The first-order chi connectivity index (χ1) is 8.08. The topological polar surface area (TPSA) is 124 Å². The number of carbonyl (C=O) groups excluding carboxylic acids is 1. The third-order valence-electron chi connectivity index (χ3n) is 2.31. The van der Waals surface area contributed by atoms with Crippen molar-refractivity contribution in [2.45, 2.75) is 31.6 Å². The molecule has 8 nitrogen and oxygen atoms in total. The summed E-state index contributed by atoms with van der Waals surface area (Å²) in [6.07, 6.45) is -2.61. The Labute approximate surface area is 104 Å². The van der Waals surface area contributed by atoms with Crippen LogP contribution in [0.1, 0.15) is 19.8 Å². The second kappa shape index (κ2) is 6.31. The van der Waals surface area contributed by atoms with E-state index in [0.717, 1.165) is 0 Å². The second-order valence-electron chi connectivity index (χ2n) is 4.14. The van der Waals surface area contributed by atoms with Gasteiger partial charge >= 0.3 is 17.9 Å². The summed E-state index contributed by atoms with van der Waals surface area (Å²) in [5.41, 5.74) is -2.66. The lowest BCUT2D eigenvalue weighted by molar-refractivity contribution is -0.175. The Hall–Kier alpha value is -1.67. The van der Waals surface area contributed by atoms with Gasteiger partial charge in [0.05, 0.1) is 12.8 Å². The minimum absolute atomic E-state index is 0.611. The average molecular weight is 263 g/mol. The van der Waals surface area contributed by atoms with Gasteiger partial charge in [0.15, 0.2) is 11.8 Å². The Morgan fingerprint density at radius 2 is 1.72 bits per heavy atom. The maximum absolute atomic E-state index is 11.4. The van der Waals surface area contributed by atoms with E-state index in [1.54, 1.807) is 25.9 Å². The van der Waals surface area contributed by atoms with Crippen molar-refractivity contribution in [3.63, 3.8) is 0 Å². The smallest absolute Gasteiger partial charge is 0.336 e. The van der Waals surface area contributed by atoms with E-state index in [4.69, 9.17) is 14.9 Å². The van der Waals surface area contributed by atoms with Crippen LogP contribution >= 0.6 is 0 Å². The Kier molecular flexibility index (Phi) is 5.73. The monoisotopic (exact) mass is 263 g/mol. The number of ether oxygens (including phenoxy) is 1.